The molecule has 3 heterocycles. The molecule has 0 bridgehead atoms. The van der Waals surface area contributed by atoms with Gasteiger partial charge in [0.15, 0.2) is 0 Å². The molecule has 0 aromatic carbocycles. The van der Waals surface area contributed by atoms with E-state index in [-0.39, 0.29) is 17.0 Å². The van der Waals surface area contributed by atoms with Crippen LogP contribution in [0.15, 0.2) is 10.5 Å². The van der Waals surface area contributed by atoms with E-state index < -0.39 is 9.84 Å². The molecule has 0 radical (unpaired) electrons. The van der Waals surface area contributed by atoms with E-state index in [1.807, 2.05) is 20.8 Å². The Labute approximate surface area is 140 Å². The Hall–Kier alpha value is -1.25. The third-order valence-electron chi connectivity index (χ3n) is 4.12. The maximum atomic E-state index is 12.8. The topological polar surface area (TPSA) is 74.1 Å². The van der Waals surface area contributed by atoms with Gasteiger partial charge in [-0.3, -0.25) is 0 Å². The second-order valence-corrected chi connectivity index (χ2v) is 8.87. The minimum atomic E-state index is -3.53. The Morgan fingerprint density at radius 2 is 2.13 bits per heavy atom. The summed E-state index contributed by atoms with van der Waals surface area (Å²) in [7, 11) is -3.53. The number of rotatable bonds is 5. The van der Waals surface area contributed by atoms with Crippen molar-refractivity contribution in [3.05, 3.63) is 27.5 Å². The van der Waals surface area contributed by atoms with Crippen LogP contribution in [-0.4, -0.2) is 35.7 Å². The Morgan fingerprint density at radius 3 is 2.74 bits per heavy atom. The SMILES string of the molecule is Cc1nc(CS(=O)(=O)c2nc(C)c(C)n2C[C@@H]2CCCO2)cs1. The van der Waals surface area contributed by atoms with Crippen molar-refractivity contribution in [2.24, 2.45) is 0 Å². The summed E-state index contributed by atoms with van der Waals surface area (Å²) in [6, 6.07) is 0. The molecule has 0 N–H and O–H groups in total. The van der Waals surface area contributed by atoms with Gasteiger partial charge in [0.05, 0.1) is 29.0 Å². The number of ether oxygens (including phenoxy) is 1. The summed E-state index contributed by atoms with van der Waals surface area (Å²) in [6.07, 6.45) is 2.05. The molecule has 1 fully saturated rings. The summed E-state index contributed by atoms with van der Waals surface area (Å²) in [5, 5.41) is 2.79. The summed E-state index contributed by atoms with van der Waals surface area (Å²) in [5.74, 6) is -0.112. The number of thiazole rings is 1. The monoisotopic (exact) mass is 355 g/mol. The van der Waals surface area contributed by atoms with Gasteiger partial charge in [0, 0.05) is 17.7 Å². The highest BCUT2D eigenvalue weighted by Gasteiger charge is 2.28. The maximum absolute atomic E-state index is 12.8. The molecule has 0 unspecified atom stereocenters. The number of hydrogen-bond donors (Lipinski definition) is 0. The van der Waals surface area contributed by atoms with Gasteiger partial charge in [-0.25, -0.2) is 18.4 Å². The van der Waals surface area contributed by atoms with Gasteiger partial charge >= 0.3 is 0 Å². The summed E-state index contributed by atoms with van der Waals surface area (Å²) in [4.78, 5) is 8.58. The van der Waals surface area contributed by atoms with Crippen LogP contribution < -0.4 is 0 Å². The van der Waals surface area contributed by atoms with E-state index in [4.69, 9.17) is 4.74 Å². The zero-order valence-corrected chi connectivity index (χ0v) is 15.2. The molecule has 6 nitrogen and oxygen atoms in total. The molecule has 0 amide bonds. The van der Waals surface area contributed by atoms with Crippen LogP contribution in [0.1, 0.15) is 34.9 Å². The van der Waals surface area contributed by atoms with Crippen LogP contribution in [0.4, 0.5) is 0 Å². The van der Waals surface area contributed by atoms with Crippen molar-refractivity contribution in [3.8, 4) is 0 Å². The molecule has 126 valence electrons. The zero-order valence-electron chi connectivity index (χ0n) is 13.6. The Bertz CT molecular complexity index is 802. The minimum Gasteiger partial charge on any atom is -0.376 e. The molecule has 0 aliphatic carbocycles. The van der Waals surface area contributed by atoms with E-state index in [0.29, 0.717) is 12.2 Å². The lowest BCUT2D eigenvalue weighted by atomic mass is 10.2. The Kier molecular flexibility index (Phi) is 4.57. The summed E-state index contributed by atoms with van der Waals surface area (Å²) < 4.78 is 33.1. The summed E-state index contributed by atoms with van der Waals surface area (Å²) >= 11 is 1.46. The minimum absolute atomic E-state index is 0.0674. The molecule has 3 rings (SSSR count). The number of aromatic nitrogens is 3. The van der Waals surface area contributed by atoms with Gasteiger partial charge in [0.1, 0.15) is 5.75 Å². The lowest BCUT2D eigenvalue weighted by molar-refractivity contribution is 0.0943. The molecule has 0 saturated carbocycles. The predicted molar refractivity (Wildman–Crippen MR) is 88.4 cm³/mol. The van der Waals surface area contributed by atoms with E-state index in [2.05, 4.69) is 9.97 Å². The van der Waals surface area contributed by atoms with Crippen LogP contribution in [0.2, 0.25) is 0 Å². The van der Waals surface area contributed by atoms with Crippen LogP contribution in [0.5, 0.6) is 0 Å². The first-order valence-corrected chi connectivity index (χ1v) is 10.2. The first-order valence-electron chi connectivity index (χ1n) is 7.66. The molecular formula is C15H21N3O3S2. The fraction of sp³-hybridized carbons (Fsp3) is 0.600. The first kappa shape index (κ1) is 16.6. The van der Waals surface area contributed by atoms with E-state index in [1.165, 1.54) is 11.3 Å². The number of aryl methyl sites for hydroxylation is 2. The van der Waals surface area contributed by atoms with Crippen LogP contribution in [0.3, 0.4) is 0 Å². The maximum Gasteiger partial charge on any atom is 0.228 e. The van der Waals surface area contributed by atoms with Gasteiger partial charge in [-0.05, 0) is 33.6 Å². The standard InChI is InChI=1S/C15H21N3O3S2/c1-10-11(2)18(7-14-5-4-6-21-14)15(16-10)23(19,20)9-13-8-22-12(3)17-13/h8,14H,4-7,9H2,1-3H3/t14-/m0/s1. The predicted octanol–water partition coefficient (Wildman–Crippen LogP) is 2.42. The van der Waals surface area contributed by atoms with Gasteiger partial charge < -0.3 is 9.30 Å². The van der Waals surface area contributed by atoms with Crippen molar-refractivity contribution < 1.29 is 13.2 Å². The van der Waals surface area contributed by atoms with Crippen LogP contribution in [-0.2, 0) is 26.9 Å². The number of imidazole rings is 1. The second kappa shape index (κ2) is 6.33. The fourth-order valence-corrected chi connectivity index (χ4v) is 5.01. The molecule has 0 spiro atoms. The van der Waals surface area contributed by atoms with Gasteiger partial charge in [0.2, 0.25) is 15.0 Å². The van der Waals surface area contributed by atoms with Crippen molar-refractivity contribution >= 4 is 21.2 Å². The third kappa shape index (κ3) is 3.49. The van der Waals surface area contributed by atoms with Gasteiger partial charge in [-0.2, -0.15) is 0 Å². The lowest BCUT2D eigenvalue weighted by Gasteiger charge is -2.14. The molecule has 8 heteroatoms. The smallest absolute Gasteiger partial charge is 0.228 e. The fourth-order valence-electron chi connectivity index (χ4n) is 2.80. The van der Waals surface area contributed by atoms with Gasteiger partial charge in [-0.1, -0.05) is 0 Å². The molecular weight excluding hydrogens is 334 g/mol. The first-order chi connectivity index (χ1) is 10.9. The quantitative estimate of drug-likeness (QED) is 0.823. The average Bonchev–Trinajstić information content (AvgIpc) is 3.18. The zero-order chi connectivity index (χ0) is 16.6. The van der Waals surface area contributed by atoms with Crippen molar-refractivity contribution in [3.63, 3.8) is 0 Å². The highest BCUT2D eigenvalue weighted by molar-refractivity contribution is 7.90. The van der Waals surface area contributed by atoms with Crippen LogP contribution in [0.25, 0.3) is 0 Å². The van der Waals surface area contributed by atoms with Gasteiger partial charge in [-0.15, -0.1) is 11.3 Å². The molecule has 2 aromatic rings. The van der Waals surface area contributed by atoms with Crippen molar-refractivity contribution in [2.45, 2.75) is 57.2 Å². The molecule has 1 atom stereocenters. The van der Waals surface area contributed by atoms with Crippen LogP contribution >= 0.6 is 11.3 Å². The summed E-state index contributed by atoms with van der Waals surface area (Å²) in [5.41, 5.74) is 2.21. The highest BCUT2D eigenvalue weighted by Crippen LogP contribution is 2.23. The molecule has 1 aliphatic heterocycles. The van der Waals surface area contributed by atoms with Crippen molar-refractivity contribution in [1.29, 1.82) is 0 Å². The van der Waals surface area contributed by atoms with E-state index in [1.54, 1.807) is 9.95 Å². The number of hydrogen-bond acceptors (Lipinski definition) is 6. The number of sulfone groups is 1. The van der Waals surface area contributed by atoms with E-state index in [0.717, 1.165) is 35.8 Å². The lowest BCUT2D eigenvalue weighted by Crippen LogP contribution is -2.21. The van der Waals surface area contributed by atoms with Gasteiger partial charge in [0.25, 0.3) is 0 Å². The third-order valence-corrected chi connectivity index (χ3v) is 6.48. The summed E-state index contributed by atoms with van der Waals surface area (Å²) in [6.45, 7) is 6.90. The highest BCUT2D eigenvalue weighted by atomic mass is 32.2. The Balaban J connectivity index is 1.92. The molecule has 1 aliphatic rings. The van der Waals surface area contributed by atoms with E-state index >= 15 is 0 Å². The largest absolute Gasteiger partial charge is 0.376 e. The Morgan fingerprint density at radius 1 is 1.35 bits per heavy atom. The normalized spacial score (nSPS) is 18.7. The van der Waals surface area contributed by atoms with Crippen LogP contribution in [0, 0.1) is 20.8 Å². The number of nitrogens with zero attached hydrogens (tertiary/aromatic N) is 3. The average molecular weight is 355 g/mol. The van der Waals surface area contributed by atoms with Crippen molar-refractivity contribution in [2.75, 3.05) is 6.61 Å². The van der Waals surface area contributed by atoms with E-state index in [9.17, 15) is 8.42 Å². The van der Waals surface area contributed by atoms with Crippen molar-refractivity contribution in [1.82, 2.24) is 14.5 Å². The second-order valence-electron chi connectivity index (χ2n) is 5.93. The molecule has 1 saturated heterocycles. The molecule has 2 aromatic heterocycles. The molecule has 23 heavy (non-hydrogen) atoms.